The molecule has 100 valence electrons. The second-order valence-corrected chi connectivity index (χ2v) is 5.50. The first-order valence-corrected chi connectivity index (χ1v) is 7.00. The molecule has 0 aliphatic rings. The van der Waals surface area contributed by atoms with Gasteiger partial charge in [0.1, 0.15) is 10.8 Å². The molecule has 0 amide bonds. The molecule has 1 N–H and O–H groups in total. The molecule has 19 heavy (non-hydrogen) atoms. The van der Waals surface area contributed by atoms with Crippen LogP contribution in [0.3, 0.4) is 0 Å². The van der Waals surface area contributed by atoms with Gasteiger partial charge < -0.3 is 10.1 Å². The number of nitrogens with zero attached hydrogens (tertiary/aromatic N) is 1. The Kier molecular flexibility index (Phi) is 4.80. The number of aromatic nitrogens is 1. The fourth-order valence-electron chi connectivity index (χ4n) is 1.63. The Hall–Kier alpha value is -1.10. The van der Waals surface area contributed by atoms with E-state index in [0.29, 0.717) is 10.9 Å². The zero-order chi connectivity index (χ0) is 13.8. The molecule has 2 rings (SSSR count). The number of halogens is 2. The SMILES string of the molecule is CNCc1cnc(Oc2cc(Br)ccc2C)c(Cl)c1. The molecule has 1 aromatic heterocycles. The molecular weight excluding hydrogens is 328 g/mol. The van der Waals surface area contributed by atoms with Crippen molar-refractivity contribution in [2.75, 3.05) is 7.05 Å². The molecule has 0 atom stereocenters. The minimum atomic E-state index is 0.419. The zero-order valence-corrected chi connectivity index (χ0v) is 13.0. The van der Waals surface area contributed by atoms with Crippen molar-refractivity contribution in [1.29, 1.82) is 0 Å². The largest absolute Gasteiger partial charge is 0.437 e. The van der Waals surface area contributed by atoms with Gasteiger partial charge in [-0.1, -0.05) is 33.6 Å². The van der Waals surface area contributed by atoms with Crippen LogP contribution < -0.4 is 10.1 Å². The van der Waals surface area contributed by atoms with E-state index < -0.39 is 0 Å². The average molecular weight is 342 g/mol. The predicted molar refractivity (Wildman–Crippen MR) is 81.0 cm³/mol. The summed E-state index contributed by atoms with van der Waals surface area (Å²) in [5.41, 5.74) is 2.05. The van der Waals surface area contributed by atoms with Crippen molar-refractivity contribution in [2.24, 2.45) is 0 Å². The molecule has 2 aromatic rings. The molecule has 0 fully saturated rings. The highest BCUT2D eigenvalue weighted by molar-refractivity contribution is 9.10. The van der Waals surface area contributed by atoms with Gasteiger partial charge >= 0.3 is 0 Å². The molecule has 5 heteroatoms. The Balaban J connectivity index is 2.25. The lowest BCUT2D eigenvalue weighted by molar-refractivity contribution is 0.459. The Morgan fingerprint density at radius 2 is 2.16 bits per heavy atom. The van der Waals surface area contributed by atoms with Gasteiger partial charge in [0.05, 0.1) is 0 Å². The minimum Gasteiger partial charge on any atom is -0.437 e. The molecule has 3 nitrogen and oxygen atoms in total. The molecule has 0 spiro atoms. The van der Waals surface area contributed by atoms with Crippen LogP contribution in [0.5, 0.6) is 11.6 Å². The number of nitrogens with one attached hydrogen (secondary N) is 1. The van der Waals surface area contributed by atoms with E-state index in [1.807, 2.05) is 38.2 Å². The van der Waals surface area contributed by atoms with E-state index >= 15 is 0 Å². The van der Waals surface area contributed by atoms with Gasteiger partial charge in [0.15, 0.2) is 0 Å². The number of aryl methyl sites for hydroxylation is 1. The zero-order valence-electron chi connectivity index (χ0n) is 10.7. The number of hydrogen-bond acceptors (Lipinski definition) is 3. The Labute approximate surface area is 126 Å². The quantitative estimate of drug-likeness (QED) is 0.899. The third-order valence-electron chi connectivity index (χ3n) is 2.60. The summed E-state index contributed by atoms with van der Waals surface area (Å²) in [5, 5.41) is 3.56. The maximum Gasteiger partial charge on any atom is 0.238 e. The van der Waals surface area contributed by atoms with Crippen LogP contribution >= 0.6 is 27.5 Å². The predicted octanol–water partition coefficient (Wildman–Crippen LogP) is 4.32. The highest BCUT2D eigenvalue weighted by atomic mass is 79.9. The van der Waals surface area contributed by atoms with Gasteiger partial charge in [0.2, 0.25) is 5.88 Å². The summed E-state index contributed by atoms with van der Waals surface area (Å²) < 4.78 is 6.72. The van der Waals surface area contributed by atoms with E-state index in [1.165, 1.54) is 0 Å². The second-order valence-electron chi connectivity index (χ2n) is 4.17. The van der Waals surface area contributed by atoms with Crippen LogP contribution in [0.1, 0.15) is 11.1 Å². The van der Waals surface area contributed by atoms with Crippen LogP contribution in [0.25, 0.3) is 0 Å². The van der Waals surface area contributed by atoms with Gasteiger partial charge in [-0.05, 0) is 43.3 Å². The maximum atomic E-state index is 6.18. The highest BCUT2D eigenvalue weighted by Crippen LogP contribution is 2.31. The fourth-order valence-corrected chi connectivity index (χ4v) is 2.20. The van der Waals surface area contributed by atoms with E-state index in [2.05, 4.69) is 26.2 Å². The van der Waals surface area contributed by atoms with Crippen LogP contribution in [0, 0.1) is 6.92 Å². The van der Waals surface area contributed by atoms with E-state index in [4.69, 9.17) is 16.3 Å². The average Bonchev–Trinajstić information content (AvgIpc) is 2.37. The standard InChI is InChI=1S/C14H14BrClN2O/c1-9-3-4-11(15)6-13(9)19-14-12(16)5-10(7-17-2)8-18-14/h3-6,8,17H,7H2,1-2H3. The van der Waals surface area contributed by atoms with Crippen LogP contribution in [0.2, 0.25) is 5.02 Å². The second kappa shape index (κ2) is 6.37. The first kappa shape index (κ1) is 14.3. The fraction of sp³-hybridized carbons (Fsp3) is 0.214. The summed E-state index contributed by atoms with van der Waals surface area (Å²) in [6.45, 7) is 2.70. The smallest absolute Gasteiger partial charge is 0.238 e. The van der Waals surface area contributed by atoms with Crippen LogP contribution in [0.15, 0.2) is 34.9 Å². The third kappa shape index (κ3) is 3.69. The molecule has 0 aliphatic carbocycles. The van der Waals surface area contributed by atoms with Crippen LogP contribution in [0.4, 0.5) is 0 Å². The number of rotatable bonds is 4. The first-order chi connectivity index (χ1) is 9.10. The van der Waals surface area contributed by atoms with Crippen molar-refractivity contribution in [3.8, 4) is 11.6 Å². The van der Waals surface area contributed by atoms with Gasteiger partial charge in [0, 0.05) is 17.2 Å². The lowest BCUT2D eigenvalue weighted by Gasteiger charge is -2.10. The van der Waals surface area contributed by atoms with Gasteiger partial charge in [-0.25, -0.2) is 4.98 Å². The Morgan fingerprint density at radius 1 is 1.37 bits per heavy atom. The lowest BCUT2D eigenvalue weighted by atomic mass is 10.2. The molecule has 0 saturated heterocycles. The van der Waals surface area contributed by atoms with E-state index in [1.54, 1.807) is 6.20 Å². The minimum absolute atomic E-state index is 0.419. The third-order valence-corrected chi connectivity index (χ3v) is 3.37. The highest BCUT2D eigenvalue weighted by Gasteiger charge is 2.08. The monoisotopic (exact) mass is 340 g/mol. The summed E-state index contributed by atoms with van der Waals surface area (Å²) in [6, 6.07) is 7.69. The summed E-state index contributed by atoms with van der Waals surface area (Å²) >= 11 is 9.60. The van der Waals surface area contributed by atoms with Crippen LogP contribution in [-0.4, -0.2) is 12.0 Å². The number of ether oxygens (including phenoxy) is 1. The Bertz CT molecular complexity index is 590. The van der Waals surface area contributed by atoms with Crippen molar-refractivity contribution < 1.29 is 4.74 Å². The summed E-state index contributed by atoms with van der Waals surface area (Å²) in [4.78, 5) is 4.25. The molecule has 0 unspecified atom stereocenters. The number of benzene rings is 1. The summed E-state index contributed by atoms with van der Waals surface area (Å²) in [5.74, 6) is 1.16. The number of pyridine rings is 1. The molecular formula is C14H14BrClN2O. The lowest BCUT2D eigenvalue weighted by Crippen LogP contribution is -2.05. The van der Waals surface area contributed by atoms with E-state index in [-0.39, 0.29) is 0 Å². The summed E-state index contributed by atoms with van der Waals surface area (Å²) in [6.07, 6.45) is 1.75. The maximum absolute atomic E-state index is 6.18. The normalized spacial score (nSPS) is 10.5. The van der Waals surface area contributed by atoms with Gasteiger partial charge in [0.25, 0.3) is 0 Å². The topological polar surface area (TPSA) is 34.2 Å². The molecule has 0 aliphatic heterocycles. The molecule has 0 bridgehead atoms. The summed E-state index contributed by atoms with van der Waals surface area (Å²) in [7, 11) is 1.88. The van der Waals surface area contributed by atoms with Gasteiger partial charge in [-0.2, -0.15) is 0 Å². The van der Waals surface area contributed by atoms with E-state index in [0.717, 1.165) is 27.9 Å². The molecule has 0 radical (unpaired) electrons. The van der Waals surface area contributed by atoms with E-state index in [9.17, 15) is 0 Å². The van der Waals surface area contributed by atoms with Crippen LogP contribution in [-0.2, 0) is 6.54 Å². The van der Waals surface area contributed by atoms with Gasteiger partial charge in [-0.15, -0.1) is 0 Å². The van der Waals surface area contributed by atoms with Crippen molar-refractivity contribution in [3.05, 3.63) is 51.1 Å². The van der Waals surface area contributed by atoms with Crippen molar-refractivity contribution in [2.45, 2.75) is 13.5 Å². The van der Waals surface area contributed by atoms with Gasteiger partial charge in [-0.3, -0.25) is 0 Å². The van der Waals surface area contributed by atoms with Crippen molar-refractivity contribution in [3.63, 3.8) is 0 Å². The Morgan fingerprint density at radius 3 is 2.84 bits per heavy atom. The molecule has 1 heterocycles. The van der Waals surface area contributed by atoms with Crippen molar-refractivity contribution in [1.82, 2.24) is 10.3 Å². The number of hydrogen-bond donors (Lipinski definition) is 1. The van der Waals surface area contributed by atoms with Crippen molar-refractivity contribution >= 4 is 27.5 Å². The molecule has 0 saturated carbocycles. The molecule has 1 aromatic carbocycles. The first-order valence-electron chi connectivity index (χ1n) is 5.83.